The predicted molar refractivity (Wildman–Crippen MR) is 106 cm³/mol. The Bertz CT molecular complexity index is 1040. The summed E-state index contributed by atoms with van der Waals surface area (Å²) in [6, 6.07) is 4.77. The van der Waals surface area contributed by atoms with Crippen molar-refractivity contribution in [1.82, 2.24) is 20.6 Å². The topological polar surface area (TPSA) is 151 Å². The molecule has 3 aromatic rings. The molecule has 0 bridgehead atoms. The zero-order valence-corrected chi connectivity index (χ0v) is 17.5. The SMILES string of the molecule is CC(=O)NO.N#Cc1cc(Cl)c(Cl)nc1Cl.Nc1noc2nc(Cl)c(Cl)cc12. The minimum Gasteiger partial charge on any atom is -0.380 e. The number of hydrogen-bond donors (Lipinski definition) is 3. The van der Waals surface area contributed by atoms with E-state index in [0.29, 0.717) is 16.1 Å². The van der Waals surface area contributed by atoms with Crippen LogP contribution in [0.3, 0.4) is 0 Å². The van der Waals surface area contributed by atoms with Crippen LogP contribution in [0.15, 0.2) is 16.7 Å². The Morgan fingerprint density at radius 2 is 1.68 bits per heavy atom. The average Bonchev–Trinajstić information content (AvgIpc) is 2.99. The Kier molecular flexibility index (Phi) is 9.48. The van der Waals surface area contributed by atoms with Crippen LogP contribution in [0.2, 0.25) is 25.5 Å². The molecule has 0 aliphatic carbocycles. The van der Waals surface area contributed by atoms with E-state index in [9.17, 15) is 4.79 Å². The lowest BCUT2D eigenvalue weighted by Gasteiger charge is -1.96. The molecule has 3 aromatic heterocycles. The minimum absolute atomic E-state index is 0.0712. The molecule has 9 nitrogen and oxygen atoms in total. The number of halogens is 5. The molecule has 14 heteroatoms. The number of hydrogen-bond acceptors (Lipinski definition) is 8. The first-order valence-electron chi connectivity index (χ1n) is 6.79. The number of anilines is 1. The average molecular weight is 487 g/mol. The first-order valence-corrected chi connectivity index (χ1v) is 8.68. The summed E-state index contributed by atoms with van der Waals surface area (Å²) in [6.45, 7) is 1.22. The first-order chi connectivity index (χ1) is 13.1. The maximum absolute atomic E-state index is 9.45. The summed E-state index contributed by atoms with van der Waals surface area (Å²) < 4.78 is 4.76. The van der Waals surface area contributed by atoms with Gasteiger partial charge in [-0.2, -0.15) is 10.2 Å². The van der Waals surface area contributed by atoms with Gasteiger partial charge in [-0.1, -0.05) is 63.2 Å². The highest BCUT2D eigenvalue weighted by atomic mass is 35.5. The predicted octanol–water partition coefficient (Wildman–Crippen LogP) is 4.54. The Morgan fingerprint density at radius 3 is 2.21 bits per heavy atom. The van der Waals surface area contributed by atoms with Gasteiger partial charge in [-0.15, -0.1) is 0 Å². The maximum Gasteiger partial charge on any atom is 0.261 e. The highest BCUT2D eigenvalue weighted by molar-refractivity contribution is 6.42. The Labute approximate surface area is 182 Å². The van der Waals surface area contributed by atoms with E-state index in [4.69, 9.17) is 78.7 Å². The number of nitrogen functional groups attached to an aromatic ring is 1. The molecule has 0 unspecified atom stereocenters. The van der Waals surface area contributed by atoms with E-state index in [1.165, 1.54) is 18.5 Å². The molecule has 0 aliphatic rings. The first kappa shape index (κ1) is 24.0. The van der Waals surface area contributed by atoms with Gasteiger partial charge >= 0.3 is 0 Å². The van der Waals surface area contributed by atoms with E-state index in [-0.39, 0.29) is 31.9 Å². The molecule has 1 amide bonds. The largest absolute Gasteiger partial charge is 0.380 e. The molecule has 0 fully saturated rings. The van der Waals surface area contributed by atoms with Crippen molar-refractivity contribution in [1.29, 1.82) is 5.26 Å². The molecule has 3 heterocycles. The lowest BCUT2D eigenvalue weighted by Crippen LogP contribution is -2.12. The molecule has 148 valence electrons. The molecule has 0 atom stereocenters. The Hall–Kier alpha value is -2.06. The van der Waals surface area contributed by atoms with Gasteiger partial charge in [-0.05, 0) is 12.1 Å². The Morgan fingerprint density at radius 1 is 1.14 bits per heavy atom. The minimum atomic E-state index is -0.440. The molecule has 0 radical (unpaired) electrons. The van der Waals surface area contributed by atoms with Crippen molar-refractivity contribution in [3.8, 4) is 6.07 Å². The third-order valence-corrected chi connectivity index (χ3v) is 4.20. The van der Waals surface area contributed by atoms with Gasteiger partial charge in [0, 0.05) is 6.92 Å². The van der Waals surface area contributed by atoms with Crippen LogP contribution in [-0.2, 0) is 4.79 Å². The number of amides is 1. The van der Waals surface area contributed by atoms with E-state index < -0.39 is 5.91 Å². The van der Waals surface area contributed by atoms with Crippen molar-refractivity contribution in [2.75, 3.05) is 5.73 Å². The molecule has 3 rings (SSSR count). The molecule has 0 aromatic carbocycles. The van der Waals surface area contributed by atoms with Crippen LogP contribution in [0.25, 0.3) is 11.1 Å². The lowest BCUT2D eigenvalue weighted by atomic mass is 10.3. The van der Waals surface area contributed by atoms with Crippen molar-refractivity contribution in [3.63, 3.8) is 0 Å². The number of hydroxylamine groups is 1. The fraction of sp³-hybridized carbons (Fsp3) is 0.0714. The number of carbonyl (C=O) groups excluding carboxylic acids is 1. The summed E-state index contributed by atoms with van der Waals surface area (Å²) in [5.74, 6) is -0.180. The number of fused-ring (bicyclic) bond motifs is 1. The number of nitrogens with zero attached hydrogens (tertiary/aromatic N) is 4. The van der Waals surface area contributed by atoms with Crippen LogP contribution in [0, 0.1) is 11.3 Å². The number of nitrogens with one attached hydrogen (secondary N) is 1. The number of rotatable bonds is 0. The van der Waals surface area contributed by atoms with Crippen molar-refractivity contribution in [3.05, 3.63) is 43.2 Å². The maximum atomic E-state index is 9.45. The highest BCUT2D eigenvalue weighted by Gasteiger charge is 2.09. The lowest BCUT2D eigenvalue weighted by molar-refractivity contribution is -0.126. The van der Waals surface area contributed by atoms with E-state index in [1.54, 1.807) is 6.07 Å². The van der Waals surface area contributed by atoms with Crippen molar-refractivity contribution < 1.29 is 14.5 Å². The molecule has 0 saturated carbocycles. The van der Waals surface area contributed by atoms with E-state index in [2.05, 4.69) is 15.1 Å². The molecule has 0 saturated heterocycles. The van der Waals surface area contributed by atoms with Crippen LogP contribution in [0.5, 0.6) is 0 Å². The van der Waals surface area contributed by atoms with Crippen LogP contribution in [-0.4, -0.2) is 26.2 Å². The van der Waals surface area contributed by atoms with Crippen LogP contribution >= 0.6 is 58.0 Å². The summed E-state index contributed by atoms with van der Waals surface area (Å²) >= 11 is 27.9. The van der Waals surface area contributed by atoms with Crippen molar-refractivity contribution in [2.45, 2.75) is 6.92 Å². The fourth-order valence-electron chi connectivity index (χ4n) is 1.37. The quantitative estimate of drug-likeness (QED) is 0.238. The van der Waals surface area contributed by atoms with Gasteiger partial charge in [0.15, 0.2) is 11.0 Å². The summed E-state index contributed by atoms with van der Waals surface area (Å²) in [6.07, 6.45) is 0. The van der Waals surface area contributed by atoms with Gasteiger partial charge in [0.25, 0.3) is 5.71 Å². The third kappa shape index (κ3) is 6.83. The smallest absolute Gasteiger partial charge is 0.261 e. The fourth-order valence-corrected chi connectivity index (χ4v) is 2.17. The van der Waals surface area contributed by atoms with E-state index >= 15 is 0 Å². The normalized spacial score (nSPS) is 9.50. The van der Waals surface area contributed by atoms with Crippen molar-refractivity contribution >= 4 is 80.8 Å². The van der Waals surface area contributed by atoms with Gasteiger partial charge in [0.2, 0.25) is 5.91 Å². The summed E-state index contributed by atoms with van der Waals surface area (Å²) in [5, 5.41) is 21.0. The second-order valence-corrected chi connectivity index (χ2v) is 6.45. The van der Waals surface area contributed by atoms with E-state index in [1.807, 2.05) is 6.07 Å². The van der Waals surface area contributed by atoms with E-state index in [0.717, 1.165) is 0 Å². The van der Waals surface area contributed by atoms with Crippen LogP contribution < -0.4 is 11.2 Å². The standard InChI is InChI=1S/C6HCl3N2.C6H3Cl2N3O.C2H5NO2/c7-4-1-3(2-10)5(8)11-6(4)9;7-3-1-2-5(9)11-12-6(2)10-4(3)8;1-2(4)3-5/h1H;1H,(H2,9,11);5H,1H3,(H,3,4). The van der Waals surface area contributed by atoms with Crippen LogP contribution in [0.4, 0.5) is 5.82 Å². The number of nitriles is 1. The monoisotopic (exact) mass is 484 g/mol. The molecule has 0 aliphatic heterocycles. The van der Waals surface area contributed by atoms with Crippen LogP contribution in [0.1, 0.15) is 12.5 Å². The second-order valence-electron chi connectivity index (χ2n) is 4.56. The summed E-state index contributed by atoms with van der Waals surface area (Å²) in [5.41, 5.74) is 7.35. The zero-order valence-electron chi connectivity index (χ0n) is 13.7. The number of pyridine rings is 2. The zero-order chi connectivity index (χ0) is 21.4. The highest BCUT2D eigenvalue weighted by Crippen LogP contribution is 2.27. The molecule has 0 spiro atoms. The number of nitrogens with two attached hydrogens (primary N) is 1. The third-order valence-electron chi connectivity index (χ3n) is 2.57. The molecule has 4 N–H and O–H groups in total. The van der Waals surface area contributed by atoms with Gasteiger partial charge < -0.3 is 10.3 Å². The number of aromatic nitrogens is 3. The second kappa shape index (κ2) is 11.1. The summed E-state index contributed by atoms with van der Waals surface area (Å²) in [7, 11) is 0. The van der Waals surface area contributed by atoms with Gasteiger partial charge in [-0.3, -0.25) is 10.0 Å². The molecular formula is C14H9Cl5N6O3. The number of carbonyl (C=O) groups is 1. The molecule has 28 heavy (non-hydrogen) atoms. The Balaban J connectivity index is 0.000000229. The van der Waals surface area contributed by atoms with Gasteiger partial charge in [-0.25, -0.2) is 10.5 Å². The molecular weight excluding hydrogens is 477 g/mol. The van der Waals surface area contributed by atoms with Gasteiger partial charge in [0.1, 0.15) is 16.4 Å². The van der Waals surface area contributed by atoms with Gasteiger partial charge in [0.05, 0.1) is 21.0 Å². The van der Waals surface area contributed by atoms with Crippen molar-refractivity contribution in [2.24, 2.45) is 0 Å². The summed E-state index contributed by atoms with van der Waals surface area (Å²) in [4.78, 5) is 16.9.